The van der Waals surface area contributed by atoms with Gasteiger partial charge in [-0.15, -0.1) is 0 Å². The van der Waals surface area contributed by atoms with Crippen molar-refractivity contribution < 1.29 is 9.59 Å². The zero-order chi connectivity index (χ0) is 13.5. The van der Waals surface area contributed by atoms with E-state index in [2.05, 4.69) is 12.6 Å². The van der Waals surface area contributed by atoms with E-state index in [0.717, 1.165) is 18.6 Å². The average Bonchev–Trinajstić information content (AvgIpc) is 3.00. The van der Waals surface area contributed by atoms with E-state index in [0.29, 0.717) is 17.7 Å². The SMILES string of the molecule is O=C1c2ccccc2C(=O)N1CC1(CS)CCCC1. The fourth-order valence-corrected chi connectivity index (χ4v) is 3.63. The predicted octanol–water partition coefficient (Wildman–Crippen LogP) is 2.77. The van der Waals surface area contributed by atoms with Crippen LogP contribution in [0.2, 0.25) is 0 Å². The minimum Gasteiger partial charge on any atom is -0.274 e. The molecule has 100 valence electrons. The number of nitrogens with zero attached hydrogens (tertiary/aromatic N) is 1. The number of amides is 2. The Bertz CT molecular complexity index is 500. The Kier molecular flexibility index (Phi) is 3.13. The first-order valence-electron chi connectivity index (χ1n) is 6.73. The lowest BCUT2D eigenvalue weighted by molar-refractivity contribution is 0.0586. The molecule has 1 aromatic rings. The van der Waals surface area contributed by atoms with Crippen LogP contribution in [-0.2, 0) is 0 Å². The Labute approximate surface area is 118 Å². The molecule has 1 heterocycles. The van der Waals surface area contributed by atoms with Crippen LogP contribution in [0.3, 0.4) is 0 Å². The number of imide groups is 1. The Morgan fingerprint density at radius 2 is 1.58 bits per heavy atom. The van der Waals surface area contributed by atoms with Crippen molar-refractivity contribution in [1.29, 1.82) is 0 Å². The number of carbonyl (C=O) groups excluding carboxylic acids is 2. The van der Waals surface area contributed by atoms with Gasteiger partial charge in [-0.3, -0.25) is 14.5 Å². The molecule has 1 saturated carbocycles. The summed E-state index contributed by atoms with van der Waals surface area (Å²) in [6, 6.07) is 7.07. The first-order valence-corrected chi connectivity index (χ1v) is 7.36. The van der Waals surface area contributed by atoms with Crippen molar-refractivity contribution in [1.82, 2.24) is 4.90 Å². The van der Waals surface area contributed by atoms with E-state index in [9.17, 15) is 9.59 Å². The summed E-state index contributed by atoms with van der Waals surface area (Å²) in [4.78, 5) is 26.1. The molecular formula is C15H17NO2S. The van der Waals surface area contributed by atoms with E-state index in [1.165, 1.54) is 17.7 Å². The molecule has 1 aliphatic heterocycles. The lowest BCUT2D eigenvalue weighted by atomic mass is 9.88. The highest BCUT2D eigenvalue weighted by atomic mass is 32.1. The molecule has 0 N–H and O–H groups in total. The van der Waals surface area contributed by atoms with Gasteiger partial charge in [-0.25, -0.2) is 0 Å². The monoisotopic (exact) mass is 275 g/mol. The molecule has 0 atom stereocenters. The third-order valence-corrected chi connectivity index (χ3v) is 5.04. The van der Waals surface area contributed by atoms with Crippen molar-refractivity contribution >= 4 is 24.4 Å². The fourth-order valence-electron chi connectivity index (χ4n) is 3.21. The third-order valence-electron chi connectivity index (χ3n) is 4.37. The van der Waals surface area contributed by atoms with Gasteiger partial charge in [0.1, 0.15) is 0 Å². The minimum atomic E-state index is -0.145. The molecule has 0 saturated heterocycles. The molecule has 0 spiro atoms. The van der Waals surface area contributed by atoms with Crippen molar-refractivity contribution in [2.24, 2.45) is 5.41 Å². The summed E-state index contributed by atoms with van der Waals surface area (Å²) in [5.41, 5.74) is 1.11. The zero-order valence-electron chi connectivity index (χ0n) is 10.8. The summed E-state index contributed by atoms with van der Waals surface area (Å²) in [5, 5.41) is 0. The fraction of sp³-hybridized carbons (Fsp3) is 0.467. The first kappa shape index (κ1) is 12.7. The lowest BCUT2D eigenvalue weighted by Gasteiger charge is -2.31. The van der Waals surface area contributed by atoms with Crippen LogP contribution in [0.15, 0.2) is 24.3 Å². The molecule has 0 unspecified atom stereocenters. The van der Waals surface area contributed by atoms with E-state index >= 15 is 0 Å². The molecule has 0 aromatic heterocycles. The van der Waals surface area contributed by atoms with Gasteiger partial charge in [0, 0.05) is 6.54 Å². The molecule has 4 heteroatoms. The van der Waals surface area contributed by atoms with E-state index in [-0.39, 0.29) is 17.2 Å². The topological polar surface area (TPSA) is 37.4 Å². The van der Waals surface area contributed by atoms with E-state index in [4.69, 9.17) is 0 Å². The summed E-state index contributed by atoms with van der Waals surface area (Å²) >= 11 is 4.45. The van der Waals surface area contributed by atoms with Crippen LogP contribution in [0.1, 0.15) is 46.4 Å². The highest BCUT2D eigenvalue weighted by Gasteiger charge is 2.42. The molecule has 3 nitrogen and oxygen atoms in total. The standard InChI is InChI=1S/C15H17NO2S/c17-13-11-5-1-2-6-12(11)14(18)16(13)9-15(10-19)7-3-4-8-15/h1-2,5-6,19H,3-4,7-10H2. The maximum absolute atomic E-state index is 12.3. The van der Waals surface area contributed by atoms with Crippen molar-refractivity contribution in [3.8, 4) is 0 Å². The average molecular weight is 275 g/mol. The quantitative estimate of drug-likeness (QED) is 0.680. The van der Waals surface area contributed by atoms with Gasteiger partial charge >= 0.3 is 0 Å². The molecule has 2 aliphatic rings. The number of thiol groups is 1. The molecule has 2 amide bonds. The Balaban J connectivity index is 1.88. The van der Waals surface area contributed by atoms with Crippen LogP contribution in [-0.4, -0.2) is 29.0 Å². The summed E-state index contributed by atoms with van der Waals surface area (Å²) in [5.74, 6) is 0.447. The van der Waals surface area contributed by atoms with Gasteiger partial charge in [-0.2, -0.15) is 12.6 Å². The van der Waals surface area contributed by atoms with Crippen molar-refractivity contribution in [2.45, 2.75) is 25.7 Å². The van der Waals surface area contributed by atoms with Gasteiger partial charge in [-0.05, 0) is 36.1 Å². The molecule has 1 aliphatic carbocycles. The van der Waals surface area contributed by atoms with Crippen molar-refractivity contribution in [3.63, 3.8) is 0 Å². The number of fused-ring (bicyclic) bond motifs is 1. The molecule has 1 aromatic carbocycles. The predicted molar refractivity (Wildman–Crippen MR) is 76.6 cm³/mol. The molecule has 1 fully saturated rings. The maximum Gasteiger partial charge on any atom is 0.261 e. The molecule has 0 bridgehead atoms. The minimum absolute atomic E-state index is 0.0243. The van der Waals surface area contributed by atoms with Gasteiger partial charge in [0.2, 0.25) is 0 Å². The zero-order valence-corrected chi connectivity index (χ0v) is 11.7. The molecular weight excluding hydrogens is 258 g/mol. The summed E-state index contributed by atoms with van der Waals surface area (Å²) < 4.78 is 0. The molecule has 3 rings (SSSR count). The lowest BCUT2D eigenvalue weighted by Crippen LogP contribution is -2.40. The van der Waals surface area contributed by atoms with E-state index < -0.39 is 0 Å². The Morgan fingerprint density at radius 1 is 1.05 bits per heavy atom. The Hall–Kier alpha value is -1.29. The number of benzene rings is 1. The van der Waals surface area contributed by atoms with Crippen molar-refractivity contribution in [3.05, 3.63) is 35.4 Å². The second-order valence-corrected chi connectivity index (χ2v) is 5.92. The van der Waals surface area contributed by atoms with E-state index in [1.807, 2.05) is 0 Å². The second kappa shape index (κ2) is 4.67. The highest BCUT2D eigenvalue weighted by molar-refractivity contribution is 7.80. The third kappa shape index (κ3) is 1.98. The number of hydrogen-bond donors (Lipinski definition) is 1. The molecule has 0 radical (unpaired) electrons. The number of carbonyl (C=O) groups is 2. The van der Waals surface area contributed by atoms with E-state index in [1.54, 1.807) is 24.3 Å². The van der Waals surface area contributed by atoms with Gasteiger partial charge in [0.15, 0.2) is 0 Å². The van der Waals surface area contributed by atoms with Crippen LogP contribution >= 0.6 is 12.6 Å². The number of hydrogen-bond acceptors (Lipinski definition) is 3. The summed E-state index contributed by atoms with van der Waals surface area (Å²) in [7, 11) is 0. The largest absolute Gasteiger partial charge is 0.274 e. The number of rotatable bonds is 3. The highest BCUT2D eigenvalue weighted by Crippen LogP contribution is 2.41. The van der Waals surface area contributed by atoms with Gasteiger partial charge in [0.25, 0.3) is 11.8 Å². The van der Waals surface area contributed by atoms with Gasteiger partial charge < -0.3 is 0 Å². The normalized spacial score (nSPS) is 21.0. The smallest absolute Gasteiger partial charge is 0.261 e. The summed E-state index contributed by atoms with van der Waals surface area (Å²) in [6.45, 7) is 0.517. The maximum atomic E-state index is 12.3. The molecule has 19 heavy (non-hydrogen) atoms. The van der Waals surface area contributed by atoms with Gasteiger partial charge in [-0.1, -0.05) is 25.0 Å². The Morgan fingerprint density at radius 3 is 2.05 bits per heavy atom. The van der Waals surface area contributed by atoms with Crippen LogP contribution in [0.4, 0.5) is 0 Å². The van der Waals surface area contributed by atoms with Crippen LogP contribution in [0.25, 0.3) is 0 Å². The second-order valence-electron chi connectivity index (χ2n) is 5.61. The van der Waals surface area contributed by atoms with Crippen LogP contribution in [0, 0.1) is 5.41 Å². The van der Waals surface area contributed by atoms with Gasteiger partial charge in [0.05, 0.1) is 11.1 Å². The van der Waals surface area contributed by atoms with Crippen LogP contribution in [0.5, 0.6) is 0 Å². The first-order chi connectivity index (χ1) is 9.17. The van der Waals surface area contributed by atoms with Crippen molar-refractivity contribution in [2.75, 3.05) is 12.3 Å². The van der Waals surface area contributed by atoms with Crippen LogP contribution < -0.4 is 0 Å². The summed E-state index contributed by atoms with van der Waals surface area (Å²) in [6.07, 6.45) is 4.46.